The molecule has 7 heteroatoms. The zero-order valence-electron chi connectivity index (χ0n) is 15.9. The van der Waals surface area contributed by atoms with E-state index in [0.29, 0.717) is 23.4 Å². The minimum atomic E-state index is -0.364. The van der Waals surface area contributed by atoms with Gasteiger partial charge in [-0.15, -0.1) is 10.2 Å². The summed E-state index contributed by atoms with van der Waals surface area (Å²) in [4.78, 5) is 12.2. The minimum Gasteiger partial charge on any atom is -0.467 e. The average Bonchev–Trinajstić information content (AvgIpc) is 3.31. The van der Waals surface area contributed by atoms with Crippen LogP contribution >= 0.6 is 11.8 Å². The second-order valence-electron chi connectivity index (χ2n) is 7.26. The first-order chi connectivity index (χ1) is 12.8. The van der Waals surface area contributed by atoms with Crippen LogP contribution in [-0.2, 0) is 16.8 Å². The van der Waals surface area contributed by atoms with Crippen molar-refractivity contribution in [3.05, 3.63) is 54.0 Å². The predicted octanol–water partition coefficient (Wildman–Crippen LogP) is 4.42. The van der Waals surface area contributed by atoms with Crippen molar-refractivity contribution in [1.29, 1.82) is 0 Å². The molecule has 0 saturated carbocycles. The molecule has 1 amide bonds. The highest BCUT2D eigenvalue weighted by atomic mass is 32.2. The molecule has 0 aliphatic rings. The van der Waals surface area contributed by atoms with Gasteiger partial charge in [0.1, 0.15) is 5.76 Å². The summed E-state index contributed by atoms with van der Waals surface area (Å²) in [6.07, 6.45) is 1.58. The van der Waals surface area contributed by atoms with Gasteiger partial charge in [-0.05, 0) is 42.2 Å². The van der Waals surface area contributed by atoms with Crippen LogP contribution in [0.4, 0.5) is 0 Å². The predicted molar refractivity (Wildman–Crippen MR) is 104 cm³/mol. The summed E-state index contributed by atoms with van der Waals surface area (Å²) in [5, 5.41) is 11.0. The fourth-order valence-corrected chi connectivity index (χ4v) is 3.13. The van der Waals surface area contributed by atoms with Crippen LogP contribution in [-0.4, -0.2) is 21.4 Å². The van der Waals surface area contributed by atoms with Gasteiger partial charge in [-0.3, -0.25) is 4.79 Å². The van der Waals surface area contributed by atoms with Gasteiger partial charge in [0.25, 0.3) is 5.22 Å². The third-order valence-electron chi connectivity index (χ3n) is 4.07. The van der Waals surface area contributed by atoms with Crippen LogP contribution in [0.25, 0.3) is 11.5 Å². The molecule has 0 unspecified atom stereocenters. The van der Waals surface area contributed by atoms with Crippen LogP contribution in [0.2, 0.25) is 0 Å². The van der Waals surface area contributed by atoms with Gasteiger partial charge in [0.15, 0.2) is 0 Å². The third-order valence-corrected chi connectivity index (χ3v) is 5.00. The largest absolute Gasteiger partial charge is 0.467 e. The van der Waals surface area contributed by atoms with Crippen molar-refractivity contribution in [2.75, 3.05) is 0 Å². The molecule has 2 heterocycles. The molecule has 0 aliphatic heterocycles. The number of nitrogens with zero attached hydrogens (tertiary/aromatic N) is 2. The molecule has 1 aromatic carbocycles. The average molecular weight is 385 g/mol. The third kappa shape index (κ3) is 5.01. The number of rotatable bonds is 6. The Morgan fingerprint density at radius 3 is 2.56 bits per heavy atom. The SMILES string of the molecule is C[C@H](Sc1nnc(-c2ccc(C(C)(C)C)cc2)o1)C(=O)NCc1ccco1. The number of nitrogens with one attached hydrogen (secondary N) is 1. The Bertz CT molecular complexity index is 880. The second kappa shape index (κ2) is 8.00. The normalized spacial score (nSPS) is 12.7. The van der Waals surface area contributed by atoms with Crippen LogP contribution in [0.5, 0.6) is 0 Å². The van der Waals surface area contributed by atoms with E-state index in [2.05, 4.69) is 48.4 Å². The highest BCUT2D eigenvalue weighted by molar-refractivity contribution is 8.00. The number of benzene rings is 1. The molecule has 27 heavy (non-hydrogen) atoms. The van der Waals surface area contributed by atoms with Crippen LogP contribution in [0, 0.1) is 0 Å². The summed E-state index contributed by atoms with van der Waals surface area (Å²) in [7, 11) is 0. The monoisotopic (exact) mass is 385 g/mol. The van der Waals surface area contributed by atoms with E-state index in [9.17, 15) is 4.79 Å². The van der Waals surface area contributed by atoms with Gasteiger partial charge >= 0.3 is 0 Å². The fraction of sp³-hybridized carbons (Fsp3) is 0.350. The number of carbonyl (C=O) groups excluding carboxylic acids is 1. The molecule has 3 aromatic rings. The Kier molecular flexibility index (Phi) is 5.70. The number of hydrogen-bond acceptors (Lipinski definition) is 6. The van der Waals surface area contributed by atoms with Crippen LogP contribution in [0.3, 0.4) is 0 Å². The van der Waals surface area contributed by atoms with Crippen molar-refractivity contribution in [2.24, 2.45) is 0 Å². The van der Waals surface area contributed by atoms with E-state index in [1.807, 2.05) is 18.2 Å². The Morgan fingerprint density at radius 1 is 1.19 bits per heavy atom. The van der Waals surface area contributed by atoms with Gasteiger partial charge in [-0.1, -0.05) is 44.7 Å². The molecule has 0 fully saturated rings. The second-order valence-corrected chi connectivity index (χ2v) is 8.55. The molecule has 142 valence electrons. The summed E-state index contributed by atoms with van der Waals surface area (Å²) in [5.41, 5.74) is 2.19. The molecule has 1 N–H and O–H groups in total. The molecule has 2 aromatic heterocycles. The lowest BCUT2D eigenvalue weighted by molar-refractivity contribution is -0.120. The van der Waals surface area contributed by atoms with Crippen molar-refractivity contribution in [3.63, 3.8) is 0 Å². The van der Waals surface area contributed by atoms with Crippen molar-refractivity contribution < 1.29 is 13.6 Å². The summed E-state index contributed by atoms with van der Waals surface area (Å²) < 4.78 is 10.9. The summed E-state index contributed by atoms with van der Waals surface area (Å²) in [6, 6.07) is 11.7. The quantitative estimate of drug-likeness (QED) is 0.633. The van der Waals surface area contributed by atoms with Crippen molar-refractivity contribution in [3.8, 4) is 11.5 Å². The van der Waals surface area contributed by atoms with Gasteiger partial charge in [-0.2, -0.15) is 0 Å². The number of hydrogen-bond donors (Lipinski definition) is 1. The summed E-state index contributed by atoms with van der Waals surface area (Å²) in [6.45, 7) is 8.65. The first kappa shape index (κ1) is 19.2. The van der Waals surface area contributed by atoms with E-state index >= 15 is 0 Å². The molecular weight excluding hydrogens is 362 g/mol. The smallest absolute Gasteiger partial charge is 0.277 e. The van der Waals surface area contributed by atoms with Gasteiger partial charge < -0.3 is 14.2 Å². The summed E-state index contributed by atoms with van der Waals surface area (Å²) in [5.74, 6) is 1.03. The number of carbonyl (C=O) groups is 1. The van der Waals surface area contributed by atoms with Crippen LogP contribution in [0.1, 0.15) is 39.0 Å². The Morgan fingerprint density at radius 2 is 1.93 bits per heavy atom. The standard InChI is InChI=1S/C20H23N3O3S/c1-13(17(24)21-12-16-6-5-11-25-16)27-19-23-22-18(26-19)14-7-9-15(10-8-14)20(2,3)4/h5-11,13H,12H2,1-4H3,(H,21,24)/t13-/m0/s1. The van der Waals surface area contributed by atoms with Crippen LogP contribution < -0.4 is 5.32 Å². The molecule has 0 spiro atoms. The van der Waals surface area contributed by atoms with E-state index in [1.165, 1.54) is 17.3 Å². The minimum absolute atomic E-state index is 0.0901. The van der Waals surface area contributed by atoms with Gasteiger partial charge in [0, 0.05) is 5.56 Å². The van der Waals surface area contributed by atoms with Gasteiger partial charge in [0.2, 0.25) is 11.8 Å². The Hall–Kier alpha value is -2.54. The molecule has 0 bridgehead atoms. The van der Waals surface area contributed by atoms with Crippen molar-refractivity contribution in [2.45, 2.75) is 50.1 Å². The number of amides is 1. The van der Waals surface area contributed by atoms with E-state index in [4.69, 9.17) is 8.83 Å². The molecular formula is C20H23N3O3S. The first-order valence-corrected chi connectivity index (χ1v) is 9.62. The zero-order valence-corrected chi connectivity index (χ0v) is 16.7. The van der Waals surface area contributed by atoms with Crippen LogP contribution in [0.15, 0.2) is 56.7 Å². The molecule has 0 radical (unpaired) electrons. The lowest BCUT2D eigenvalue weighted by Gasteiger charge is -2.18. The van der Waals surface area contributed by atoms with Crippen molar-refractivity contribution in [1.82, 2.24) is 15.5 Å². The maximum absolute atomic E-state index is 12.2. The lowest BCUT2D eigenvalue weighted by Crippen LogP contribution is -2.30. The molecule has 0 aliphatic carbocycles. The Balaban J connectivity index is 1.59. The van der Waals surface area contributed by atoms with E-state index in [1.54, 1.807) is 19.3 Å². The van der Waals surface area contributed by atoms with Gasteiger partial charge in [-0.25, -0.2) is 0 Å². The molecule has 0 saturated heterocycles. The molecule has 3 rings (SSSR count). The van der Waals surface area contributed by atoms with Crippen molar-refractivity contribution >= 4 is 17.7 Å². The first-order valence-electron chi connectivity index (χ1n) is 8.74. The fourth-order valence-electron chi connectivity index (χ4n) is 2.42. The van der Waals surface area contributed by atoms with E-state index in [0.717, 1.165) is 5.56 Å². The number of thioether (sulfide) groups is 1. The van der Waals surface area contributed by atoms with E-state index in [-0.39, 0.29) is 16.6 Å². The van der Waals surface area contributed by atoms with E-state index < -0.39 is 0 Å². The lowest BCUT2D eigenvalue weighted by atomic mass is 9.87. The molecule has 1 atom stereocenters. The van der Waals surface area contributed by atoms with Gasteiger partial charge in [0.05, 0.1) is 18.1 Å². The number of furan rings is 1. The molecule has 6 nitrogen and oxygen atoms in total. The maximum atomic E-state index is 12.2. The topological polar surface area (TPSA) is 81.2 Å². The highest BCUT2D eigenvalue weighted by Gasteiger charge is 2.19. The Labute approximate surface area is 162 Å². The zero-order chi connectivity index (χ0) is 19.4. The maximum Gasteiger partial charge on any atom is 0.277 e. The highest BCUT2D eigenvalue weighted by Crippen LogP contribution is 2.28. The summed E-state index contributed by atoms with van der Waals surface area (Å²) >= 11 is 1.23. The number of aromatic nitrogens is 2.